The van der Waals surface area contributed by atoms with Crippen molar-refractivity contribution in [3.05, 3.63) is 65.5 Å². The fraction of sp³-hybridized carbons (Fsp3) is 0.393. The molecule has 2 heterocycles. The van der Waals surface area contributed by atoms with Gasteiger partial charge in [0.1, 0.15) is 11.3 Å². The largest absolute Gasteiger partial charge is 0.481 e. The van der Waals surface area contributed by atoms with Crippen LogP contribution in [-0.4, -0.2) is 44.1 Å². The lowest BCUT2D eigenvalue weighted by atomic mass is 10.1. The molecule has 0 amide bonds. The molecule has 0 atom stereocenters. The van der Waals surface area contributed by atoms with E-state index >= 15 is 0 Å². The molecule has 7 heteroatoms. The van der Waals surface area contributed by atoms with Crippen LogP contribution in [0.25, 0.3) is 21.9 Å². The minimum atomic E-state index is -0.801. The first-order valence-corrected chi connectivity index (χ1v) is 12.5. The van der Waals surface area contributed by atoms with E-state index < -0.39 is 5.97 Å². The minimum Gasteiger partial charge on any atom is -0.481 e. The Morgan fingerprint density at radius 3 is 2.51 bits per heavy atom. The van der Waals surface area contributed by atoms with Gasteiger partial charge < -0.3 is 20.3 Å². The van der Waals surface area contributed by atoms with E-state index in [1.165, 1.54) is 5.56 Å². The van der Waals surface area contributed by atoms with Gasteiger partial charge in [0.15, 0.2) is 5.82 Å². The molecule has 0 saturated carbocycles. The summed E-state index contributed by atoms with van der Waals surface area (Å²) >= 11 is 0. The van der Waals surface area contributed by atoms with Gasteiger partial charge in [-0.1, -0.05) is 55.8 Å². The molecule has 0 radical (unpaired) electrons. The number of nitrogens with two attached hydrogens (primary N) is 1. The Bertz CT molecular complexity index is 1300. The number of fused-ring (bicyclic) bond motifs is 3. The molecule has 7 nitrogen and oxygen atoms in total. The van der Waals surface area contributed by atoms with Crippen LogP contribution in [0.15, 0.2) is 48.5 Å². The summed E-state index contributed by atoms with van der Waals surface area (Å²) in [4.78, 5) is 22.7. The van der Waals surface area contributed by atoms with Gasteiger partial charge in [-0.05, 0) is 50.0 Å². The summed E-state index contributed by atoms with van der Waals surface area (Å²) in [7, 11) is 2.13. The van der Waals surface area contributed by atoms with Crippen molar-refractivity contribution in [3.63, 3.8) is 0 Å². The Balaban J connectivity index is 1.42. The Labute approximate surface area is 206 Å². The lowest BCUT2D eigenvalue weighted by molar-refractivity contribution is -0.136. The van der Waals surface area contributed by atoms with Crippen LogP contribution in [0, 0.1) is 0 Å². The minimum absolute atomic E-state index is 0.0658. The Morgan fingerprint density at radius 1 is 1.03 bits per heavy atom. The molecule has 0 unspecified atom stereocenters. The number of carbonyl (C=O) groups is 1. The lowest BCUT2D eigenvalue weighted by Crippen LogP contribution is -2.19. The van der Waals surface area contributed by atoms with E-state index in [4.69, 9.17) is 15.8 Å². The topological polar surface area (TPSA) is 97.3 Å². The summed E-state index contributed by atoms with van der Waals surface area (Å²) in [5, 5.41) is 10.0. The monoisotopic (exact) mass is 473 g/mol. The third kappa shape index (κ3) is 5.98. The number of aromatic nitrogens is 3. The zero-order valence-corrected chi connectivity index (χ0v) is 20.7. The highest BCUT2D eigenvalue weighted by molar-refractivity contribution is 6.06. The number of aryl methyl sites for hydroxylation is 2. The first-order chi connectivity index (χ1) is 17.0. The number of nitrogen functional groups attached to an aromatic ring is 1. The summed E-state index contributed by atoms with van der Waals surface area (Å²) in [5.41, 5.74) is 11.2. The molecule has 2 aromatic carbocycles. The SMILES string of the molecule is CCCCc1nc2c(N)nc3ccccc3c2n1CCCCN(C)Cc1ccc(CC(=O)O)cc1. The number of anilines is 1. The third-order valence-corrected chi connectivity index (χ3v) is 6.45. The molecule has 0 spiro atoms. The van der Waals surface area contributed by atoms with Crippen molar-refractivity contribution in [1.82, 2.24) is 19.4 Å². The van der Waals surface area contributed by atoms with E-state index in [-0.39, 0.29) is 6.42 Å². The van der Waals surface area contributed by atoms with Crippen LogP contribution in [-0.2, 0) is 30.7 Å². The fourth-order valence-corrected chi connectivity index (χ4v) is 4.65. The number of imidazole rings is 1. The second kappa shape index (κ2) is 11.3. The number of benzene rings is 2. The van der Waals surface area contributed by atoms with Gasteiger partial charge in [0, 0.05) is 24.9 Å². The summed E-state index contributed by atoms with van der Waals surface area (Å²) < 4.78 is 2.37. The maximum Gasteiger partial charge on any atom is 0.307 e. The van der Waals surface area contributed by atoms with Crippen molar-refractivity contribution in [1.29, 1.82) is 0 Å². The Kier molecular flexibility index (Phi) is 7.98. The highest BCUT2D eigenvalue weighted by atomic mass is 16.4. The van der Waals surface area contributed by atoms with Crippen molar-refractivity contribution in [3.8, 4) is 0 Å². The third-order valence-electron chi connectivity index (χ3n) is 6.45. The van der Waals surface area contributed by atoms with Crippen molar-refractivity contribution in [2.45, 2.75) is 58.5 Å². The van der Waals surface area contributed by atoms with Gasteiger partial charge >= 0.3 is 5.97 Å². The molecule has 35 heavy (non-hydrogen) atoms. The number of unbranched alkanes of at least 4 members (excludes halogenated alkanes) is 2. The van der Waals surface area contributed by atoms with Crippen LogP contribution in [0.2, 0.25) is 0 Å². The number of carboxylic acids is 1. The molecule has 0 aliphatic carbocycles. The smallest absolute Gasteiger partial charge is 0.307 e. The number of carboxylic acid groups (broad SMARTS) is 1. The Morgan fingerprint density at radius 2 is 1.77 bits per heavy atom. The van der Waals surface area contributed by atoms with Gasteiger partial charge in [0.25, 0.3) is 0 Å². The number of para-hydroxylation sites is 1. The first kappa shape index (κ1) is 24.7. The molecule has 0 aliphatic rings. The standard InChI is InChI=1S/C28H35N5O2/c1-3-4-11-24-31-26-27(22-9-5-6-10-23(22)30-28(26)29)33(24)17-8-7-16-32(2)19-21-14-12-20(13-15-21)18-25(34)35/h5-6,9-10,12-15H,3-4,7-8,11,16-19H2,1-2H3,(H2,29,30)(H,34,35). The molecule has 4 aromatic rings. The highest BCUT2D eigenvalue weighted by Crippen LogP contribution is 2.29. The molecule has 0 saturated heterocycles. The Hall–Kier alpha value is -3.45. The van der Waals surface area contributed by atoms with Crippen LogP contribution in [0.3, 0.4) is 0 Å². The van der Waals surface area contributed by atoms with Gasteiger partial charge in [-0.25, -0.2) is 9.97 Å². The van der Waals surface area contributed by atoms with E-state index in [1.54, 1.807) is 0 Å². The zero-order valence-electron chi connectivity index (χ0n) is 20.7. The van der Waals surface area contributed by atoms with Crippen molar-refractivity contribution < 1.29 is 9.90 Å². The normalized spacial score (nSPS) is 11.6. The fourth-order valence-electron chi connectivity index (χ4n) is 4.65. The predicted octanol–water partition coefficient (Wildman–Crippen LogP) is 5.05. The van der Waals surface area contributed by atoms with Gasteiger partial charge in [-0.3, -0.25) is 4.79 Å². The van der Waals surface area contributed by atoms with E-state index in [1.807, 2.05) is 42.5 Å². The van der Waals surface area contributed by atoms with Crippen LogP contribution in [0.4, 0.5) is 5.82 Å². The highest BCUT2D eigenvalue weighted by Gasteiger charge is 2.17. The van der Waals surface area contributed by atoms with Crippen LogP contribution >= 0.6 is 0 Å². The summed E-state index contributed by atoms with van der Waals surface area (Å²) in [6.45, 7) is 4.93. The number of nitrogens with zero attached hydrogens (tertiary/aromatic N) is 4. The van der Waals surface area contributed by atoms with Gasteiger partial charge in [-0.2, -0.15) is 0 Å². The van der Waals surface area contributed by atoms with Crippen LogP contribution in [0.5, 0.6) is 0 Å². The molecule has 0 fully saturated rings. The van der Waals surface area contributed by atoms with E-state index in [9.17, 15) is 4.79 Å². The number of rotatable bonds is 12. The van der Waals surface area contributed by atoms with E-state index in [0.29, 0.717) is 5.82 Å². The number of hydrogen-bond donors (Lipinski definition) is 2. The number of hydrogen-bond acceptors (Lipinski definition) is 5. The predicted molar refractivity (Wildman–Crippen MR) is 141 cm³/mol. The quantitative estimate of drug-likeness (QED) is 0.280. The molecule has 2 aromatic heterocycles. The molecule has 4 rings (SSSR count). The van der Waals surface area contributed by atoms with Crippen molar-refractivity contribution >= 4 is 33.7 Å². The average molecular weight is 474 g/mol. The lowest BCUT2D eigenvalue weighted by Gasteiger charge is -2.17. The molecule has 3 N–H and O–H groups in total. The van der Waals surface area contributed by atoms with Crippen LogP contribution in [0.1, 0.15) is 49.6 Å². The number of aliphatic carboxylic acids is 1. The summed E-state index contributed by atoms with van der Waals surface area (Å²) in [6, 6.07) is 16.0. The molecular formula is C28H35N5O2. The van der Waals surface area contributed by atoms with E-state index in [2.05, 4.69) is 34.5 Å². The molecular weight excluding hydrogens is 438 g/mol. The van der Waals surface area contributed by atoms with Crippen LogP contribution < -0.4 is 5.73 Å². The van der Waals surface area contributed by atoms with Crippen molar-refractivity contribution in [2.24, 2.45) is 0 Å². The average Bonchev–Trinajstić information content (AvgIpc) is 3.21. The second-order valence-electron chi connectivity index (χ2n) is 9.33. The zero-order chi connectivity index (χ0) is 24.8. The van der Waals surface area contributed by atoms with E-state index in [0.717, 1.165) is 85.1 Å². The van der Waals surface area contributed by atoms with Crippen molar-refractivity contribution in [2.75, 3.05) is 19.3 Å². The summed E-state index contributed by atoms with van der Waals surface area (Å²) in [5.74, 6) is 0.802. The van der Waals surface area contributed by atoms with Gasteiger partial charge in [-0.15, -0.1) is 0 Å². The second-order valence-corrected chi connectivity index (χ2v) is 9.33. The first-order valence-electron chi connectivity index (χ1n) is 12.5. The maximum absolute atomic E-state index is 10.9. The van der Waals surface area contributed by atoms with Gasteiger partial charge in [0.05, 0.1) is 17.5 Å². The summed E-state index contributed by atoms with van der Waals surface area (Å²) in [6.07, 6.45) is 5.34. The van der Waals surface area contributed by atoms with Gasteiger partial charge in [0.2, 0.25) is 0 Å². The maximum atomic E-state index is 10.9. The number of pyridine rings is 1. The molecule has 184 valence electrons. The molecule has 0 bridgehead atoms. The molecule has 0 aliphatic heterocycles.